The highest BCUT2D eigenvalue weighted by Crippen LogP contribution is 2.32. The van der Waals surface area contributed by atoms with Crippen molar-refractivity contribution in [2.45, 2.75) is 13.3 Å². The maximum atomic E-state index is 3.42. The smallest absolute Gasteiger partial charge is 0.0380 e. The number of hydrogen-bond acceptors (Lipinski definition) is 1. The molecule has 0 aromatic heterocycles. The van der Waals surface area contributed by atoms with E-state index in [0.717, 1.165) is 13.0 Å². The molecule has 2 aromatic carbocycles. The predicted octanol–water partition coefficient (Wildman–Crippen LogP) is 3.54. The summed E-state index contributed by atoms with van der Waals surface area (Å²) >= 11 is 0. The maximum absolute atomic E-state index is 3.42. The summed E-state index contributed by atoms with van der Waals surface area (Å²) < 4.78 is 0. The average Bonchev–Trinajstić information content (AvgIpc) is 2.65. The highest BCUT2D eigenvalue weighted by Gasteiger charge is 2.13. The fraction of sp³-hybridized carbons (Fsp3) is 0.231. The largest absolute Gasteiger partial charge is 0.384 e. The van der Waals surface area contributed by atoms with Crippen LogP contribution in [0, 0.1) is 6.92 Å². The molecule has 0 saturated heterocycles. The summed E-state index contributed by atoms with van der Waals surface area (Å²) in [6.07, 6.45) is 1.16. The summed E-state index contributed by atoms with van der Waals surface area (Å²) in [5.74, 6) is 0. The molecule has 0 spiro atoms. The third-order valence-corrected chi connectivity index (χ3v) is 3.05. The van der Waals surface area contributed by atoms with Gasteiger partial charge in [0.1, 0.15) is 0 Å². The van der Waals surface area contributed by atoms with E-state index in [1.54, 1.807) is 0 Å². The first-order valence-electron chi connectivity index (χ1n) is 5.11. The number of nitrogens with one attached hydrogen (secondary N) is 1. The van der Waals surface area contributed by atoms with Crippen LogP contribution in [0.15, 0.2) is 30.3 Å². The minimum absolute atomic E-state index is 0. The second-order valence-electron chi connectivity index (χ2n) is 3.94. The highest BCUT2D eigenvalue weighted by atomic mass is 35.5. The SMILES string of the molecule is Cc1cccc2ccc3c(c12)CCN3.Cl. The Labute approximate surface area is 95.9 Å². The van der Waals surface area contributed by atoms with Gasteiger partial charge in [0.15, 0.2) is 0 Å². The van der Waals surface area contributed by atoms with Gasteiger partial charge in [-0.05, 0) is 41.3 Å². The molecule has 1 aliphatic heterocycles. The molecule has 1 heterocycles. The molecule has 0 aliphatic carbocycles. The molecule has 78 valence electrons. The Hall–Kier alpha value is -1.21. The van der Waals surface area contributed by atoms with E-state index in [1.165, 1.54) is 27.6 Å². The van der Waals surface area contributed by atoms with Crippen molar-refractivity contribution in [2.24, 2.45) is 0 Å². The second kappa shape index (κ2) is 3.74. The Balaban J connectivity index is 0.000000853. The predicted molar refractivity (Wildman–Crippen MR) is 68.1 cm³/mol. The van der Waals surface area contributed by atoms with E-state index in [0.29, 0.717) is 0 Å². The summed E-state index contributed by atoms with van der Waals surface area (Å²) in [7, 11) is 0. The van der Waals surface area contributed by atoms with E-state index >= 15 is 0 Å². The summed E-state index contributed by atoms with van der Waals surface area (Å²) in [5.41, 5.74) is 4.22. The topological polar surface area (TPSA) is 12.0 Å². The zero-order valence-corrected chi connectivity index (χ0v) is 9.53. The molecule has 2 aromatic rings. The van der Waals surface area contributed by atoms with Crippen LogP contribution in [0.4, 0.5) is 5.69 Å². The number of halogens is 1. The molecule has 3 rings (SSSR count). The van der Waals surface area contributed by atoms with Gasteiger partial charge in [-0.3, -0.25) is 0 Å². The quantitative estimate of drug-likeness (QED) is 0.715. The molecule has 2 heteroatoms. The lowest BCUT2D eigenvalue weighted by Gasteiger charge is -2.07. The van der Waals surface area contributed by atoms with Crippen LogP contribution in [0.25, 0.3) is 10.8 Å². The molecule has 15 heavy (non-hydrogen) atoms. The third kappa shape index (κ3) is 1.47. The van der Waals surface area contributed by atoms with Gasteiger partial charge in [-0.2, -0.15) is 0 Å². The molecule has 0 radical (unpaired) electrons. The molecular weight excluding hydrogens is 206 g/mol. The van der Waals surface area contributed by atoms with Gasteiger partial charge in [-0.1, -0.05) is 24.3 Å². The van der Waals surface area contributed by atoms with Crippen molar-refractivity contribution in [3.63, 3.8) is 0 Å². The zero-order chi connectivity index (χ0) is 9.54. The molecule has 1 nitrogen and oxygen atoms in total. The van der Waals surface area contributed by atoms with Crippen molar-refractivity contribution < 1.29 is 0 Å². The van der Waals surface area contributed by atoms with Crippen molar-refractivity contribution >= 4 is 28.9 Å². The summed E-state index contributed by atoms with van der Waals surface area (Å²) in [5, 5.41) is 6.24. The first kappa shape index (κ1) is 10.3. The van der Waals surface area contributed by atoms with Crippen LogP contribution in [0.1, 0.15) is 11.1 Å². The maximum Gasteiger partial charge on any atom is 0.0380 e. The number of rotatable bonds is 0. The van der Waals surface area contributed by atoms with Crippen LogP contribution in [0.3, 0.4) is 0 Å². The minimum Gasteiger partial charge on any atom is -0.384 e. The van der Waals surface area contributed by atoms with E-state index in [9.17, 15) is 0 Å². The Kier molecular flexibility index (Phi) is 2.57. The first-order chi connectivity index (χ1) is 6.86. The van der Waals surface area contributed by atoms with E-state index in [2.05, 4.69) is 42.6 Å². The van der Waals surface area contributed by atoms with Crippen molar-refractivity contribution in [2.75, 3.05) is 11.9 Å². The standard InChI is InChI=1S/C13H13N.ClH/c1-9-3-2-4-10-5-6-12-11(13(9)10)7-8-14-12;/h2-6,14H,7-8H2,1H3;1H. The van der Waals surface area contributed by atoms with Gasteiger partial charge in [0.25, 0.3) is 0 Å². The van der Waals surface area contributed by atoms with Crippen molar-refractivity contribution in [3.05, 3.63) is 41.5 Å². The van der Waals surface area contributed by atoms with Crippen LogP contribution in [-0.4, -0.2) is 6.54 Å². The summed E-state index contributed by atoms with van der Waals surface area (Å²) in [6, 6.07) is 10.9. The highest BCUT2D eigenvalue weighted by molar-refractivity contribution is 5.93. The van der Waals surface area contributed by atoms with Gasteiger partial charge >= 0.3 is 0 Å². The molecule has 0 amide bonds. The van der Waals surface area contributed by atoms with E-state index in [-0.39, 0.29) is 12.4 Å². The third-order valence-electron chi connectivity index (χ3n) is 3.05. The van der Waals surface area contributed by atoms with Gasteiger partial charge in [-0.25, -0.2) is 0 Å². The molecule has 0 unspecified atom stereocenters. The number of aryl methyl sites for hydroxylation is 1. The molecule has 0 atom stereocenters. The lowest BCUT2D eigenvalue weighted by molar-refractivity contribution is 1.11. The lowest BCUT2D eigenvalue weighted by Crippen LogP contribution is -1.90. The van der Waals surface area contributed by atoms with Gasteiger partial charge < -0.3 is 5.32 Å². The fourth-order valence-electron chi connectivity index (χ4n) is 2.40. The lowest BCUT2D eigenvalue weighted by atomic mass is 9.98. The number of benzene rings is 2. The second-order valence-corrected chi connectivity index (χ2v) is 3.94. The monoisotopic (exact) mass is 219 g/mol. The van der Waals surface area contributed by atoms with Crippen molar-refractivity contribution in [1.82, 2.24) is 0 Å². The normalized spacial score (nSPS) is 13.1. The molecule has 0 saturated carbocycles. The van der Waals surface area contributed by atoms with Gasteiger partial charge in [0.05, 0.1) is 0 Å². The van der Waals surface area contributed by atoms with Gasteiger partial charge in [0, 0.05) is 12.2 Å². The van der Waals surface area contributed by atoms with E-state index < -0.39 is 0 Å². The Morgan fingerprint density at radius 3 is 2.87 bits per heavy atom. The molecule has 0 fully saturated rings. The van der Waals surface area contributed by atoms with Crippen molar-refractivity contribution in [1.29, 1.82) is 0 Å². The molecule has 1 N–H and O–H groups in total. The number of fused-ring (bicyclic) bond motifs is 3. The van der Waals surface area contributed by atoms with Gasteiger partial charge in [0.2, 0.25) is 0 Å². The first-order valence-corrected chi connectivity index (χ1v) is 5.11. The summed E-state index contributed by atoms with van der Waals surface area (Å²) in [6.45, 7) is 3.28. The fourth-order valence-corrected chi connectivity index (χ4v) is 2.40. The van der Waals surface area contributed by atoms with Crippen LogP contribution < -0.4 is 5.32 Å². The Morgan fingerprint density at radius 2 is 2.00 bits per heavy atom. The molecular formula is C13H14ClN. The van der Waals surface area contributed by atoms with Crippen LogP contribution in [-0.2, 0) is 6.42 Å². The van der Waals surface area contributed by atoms with E-state index in [4.69, 9.17) is 0 Å². The van der Waals surface area contributed by atoms with Crippen LogP contribution in [0.5, 0.6) is 0 Å². The zero-order valence-electron chi connectivity index (χ0n) is 8.71. The van der Waals surface area contributed by atoms with Crippen LogP contribution >= 0.6 is 12.4 Å². The van der Waals surface area contributed by atoms with E-state index in [1.807, 2.05) is 0 Å². The minimum atomic E-state index is 0. The van der Waals surface area contributed by atoms with Crippen molar-refractivity contribution in [3.8, 4) is 0 Å². The Bertz CT molecular complexity index is 505. The van der Waals surface area contributed by atoms with Gasteiger partial charge in [-0.15, -0.1) is 12.4 Å². The average molecular weight is 220 g/mol. The summed E-state index contributed by atoms with van der Waals surface area (Å²) in [4.78, 5) is 0. The van der Waals surface area contributed by atoms with Crippen LogP contribution in [0.2, 0.25) is 0 Å². The number of anilines is 1. The Morgan fingerprint density at radius 1 is 1.13 bits per heavy atom. The number of hydrogen-bond donors (Lipinski definition) is 1. The molecule has 0 bridgehead atoms. The molecule has 1 aliphatic rings.